The number of carbonyl (C=O) groups excluding carboxylic acids is 1. The van der Waals surface area contributed by atoms with Gasteiger partial charge in [-0.25, -0.2) is 0 Å². The molecule has 0 N–H and O–H groups in total. The minimum absolute atomic E-state index is 0.119. The molecule has 0 aromatic heterocycles. The topological polar surface area (TPSA) is 26.3 Å². The molecular weight excluding hydrogens is 212 g/mol. The molecule has 1 aromatic rings. The molecule has 2 nitrogen and oxygen atoms in total. The van der Waals surface area contributed by atoms with E-state index in [9.17, 15) is 4.79 Å². The average molecular weight is 234 g/mol. The molecule has 0 aliphatic rings. The third-order valence-corrected chi connectivity index (χ3v) is 2.71. The van der Waals surface area contributed by atoms with E-state index in [0.717, 1.165) is 12.8 Å². The van der Waals surface area contributed by atoms with Gasteiger partial charge in [-0.1, -0.05) is 57.2 Å². The molecule has 0 saturated heterocycles. The number of ether oxygens (including phenoxy) is 1. The van der Waals surface area contributed by atoms with Gasteiger partial charge in [0.15, 0.2) is 0 Å². The van der Waals surface area contributed by atoms with Crippen LogP contribution in [0.15, 0.2) is 30.3 Å². The zero-order valence-electron chi connectivity index (χ0n) is 10.7. The molecule has 1 aromatic carbocycles. The molecule has 1 rings (SSSR count). The van der Waals surface area contributed by atoms with Crippen molar-refractivity contribution in [2.45, 2.75) is 51.9 Å². The fourth-order valence-corrected chi connectivity index (χ4v) is 1.72. The quantitative estimate of drug-likeness (QED) is 0.380. The summed E-state index contributed by atoms with van der Waals surface area (Å²) in [5.41, 5.74) is 0. The van der Waals surface area contributed by atoms with Crippen LogP contribution in [0.2, 0.25) is 0 Å². The van der Waals surface area contributed by atoms with Crippen LogP contribution >= 0.6 is 0 Å². The Labute approximate surface area is 104 Å². The number of hydrogen-bond acceptors (Lipinski definition) is 2. The molecular formula is C15H22O2. The summed E-state index contributed by atoms with van der Waals surface area (Å²) >= 11 is 0. The Morgan fingerprint density at radius 3 is 2.35 bits per heavy atom. The van der Waals surface area contributed by atoms with E-state index >= 15 is 0 Å². The largest absolute Gasteiger partial charge is 0.427 e. The van der Waals surface area contributed by atoms with Crippen LogP contribution in [-0.2, 0) is 4.79 Å². The minimum atomic E-state index is -0.119. The van der Waals surface area contributed by atoms with Crippen LogP contribution < -0.4 is 4.74 Å². The summed E-state index contributed by atoms with van der Waals surface area (Å²) < 4.78 is 5.20. The number of para-hydroxylation sites is 1. The molecule has 0 heterocycles. The van der Waals surface area contributed by atoms with Gasteiger partial charge in [0.2, 0.25) is 0 Å². The molecule has 94 valence electrons. The number of carbonyl (C=O) groups is 1. The maximum Gasteiger partial charge on any atom is 0.311 e. The molecule has 0 saturated carbocycles. The predicted molar refractivity (Wildman–Crippen MR) is 70.1 cm³/mol. The van der Waals surface area contributed by atoms with Gasteiger partial charge >= 0.3 is 5.97 Å². The van der Waals surface area contributed by atoms with Gasteiger partial charge in [-0.3, -0.25) is 4.79 Å². The van der Waals surface area contributed by atoms with Crippen molar-refractivity contribution < 1.29 is 9.53 Å². The van der Waals surface area contributed by atoms with Crippen molar-refractivity contribution in [3.63, 3.8) is 0 Å². The van der Waals surface area contributed by atoms with Crippen molar-refractivity contribution in [2.75, 3.05) is 0 Å². The zero-order valence-corrected chi connectivity index (χ0v) is 10.7. The predicted octanol–water partition coefficient (Wildman–Crippen LogP) is 4.34. The highest BCUT2D eigenvalue weighted by molar-refractivity contribution is 5.72. The zero-order chi connectivity index (χ0) is 12.3. The Balaban J connectivity index is 2.06. The molecule has 0 radical (unpaired) electrons. The highest BCUT2D eigenvalue weighted by Crippen LogP contribution is 2.11. The van der Waals surface area contributed by atoms with E-state index in [1.54, 1.807) is 12.1 Å². The second kappa shape index (κ2) is 8.80. The van der Waals surface area contributed by atoms with E-state index < -0.39 is 0 Å². The van der Waals surface area contributed by atoms with E-state index in [4.69, 9.17) is 4.74 Å². The Kier molecular flexibility index (Phi) is 7.12. The summed E-state index contributed by atoms with van der Waals surface area (Å²) in [7, 11) is 0. The van der Waals surface area contributed by atoms with Crippen LogP contribution in [0.1, 0.15) is 51.9 Å². The van der Waals surface area contributed by atoms with E-state index in [-0.39, 0.29) is 5.97 Å². The summed E-state index contributed by atoms with van der Waals surface area (Å²) in [5, 5.41) is 0. The molecule has 0 atom stereocenters. The normalized spacial score (nSPS) is 10.2. The van der Waals surface area contributed by atoms with Gasteiger partial charge in [-0.2, -0.15) is 0 Å². The van der Waals surface area contributed by atoms with E-state index in [2.05, 4.69) is 6.92 Å². The van der Waals surface area contributed by atoms with Crippen LogP contribution in [-0.4, -0.2) is 5.97 Å². The van der Waals surface area contributed by atoms with Crippen molar-refractivity contribution in [2.24, 2.45) is 0 Å². The SMILES string of the molecule is CCCCCCCCC(=O)Oc1ccccc1. The fourth-order valence-electron chi connectivity index (χ4n) is 1.72. The Morgan fingerprint density at radius 2 is 1.65 bits per heavy atom. The van der Waals surface area contributed by atoms with Gasteiger partial charge in [0.05, 0.1) is 0 Å². The van der Waals surface area contributed by atoms with Crippen LogP contribution in [0.25, 0.3) is 0 Å². The number of unbranched alkanes of at least 4 members (excludes halogenated alkanes) is 5. The number of esters is 1. The van der Waals surface area contributed by atoms with Crippen LogP contribution in [0, 0.1) is 0 Å². The molecule has 2 heteroatoms. The molecule has 0 aliphatic heterocycles. The van der Waals surface area contributed by atoms with Crippen molar-refractivity contribution in [3.05, 3.63) is 30.3 Å². The van der Waals surface area contributed by atoms with Gasteiger partial charge in [0, 0.05) is 6.42 Å². The standard InChI is InChI=1S/C15H22O2/c1-2-3-4-5-6-10-13-15(16)17-14-11-8-7-9-12-14/h7-9,11-12H,2-6,10,13H2,1H3. The smallest absolute Gasteiger partial charge is 0.311 e. The molecule has 0 bridgehead atoms. The molecule has 0 amide bonds. The molecule has 0 aliphatic carbocycles. The maximum absolute atomic E-state index is 11.5. The summed E-state index contributed by atoms with van der Waals surface area (Å²) in [5.74, 6) is 0.523. The first-order valence-electron chi connectivity index (χ1n) is 6.58. The number of hydrogen-bond donors (Lipinski definition) is 0. The lowest BCUT2D eigenvalue weighted by Gasteiger charge is -2.03. The fraction of sp³-hybridized carbons (Fsp3) is 0.533. The average Bonchev–Trinajstić information content (AvgIpc) is 2.35. The first kappa shape index (κ1) is 13.8. The van der Waals surface area contributed by atoms with Crippen LogP contribution in [0.5, 0.6) is 5.75 Å². The van der Waals surface area contributed by atoms with Gasteiger partial charge < -0.3 is 4.74 Å². The third kappa shape index (κ3) is 6.77. The van der Waals surface area contributed by atoms with Gasteiger partial charge in [0.25, 0.3) is 0 Å². The van der Waals surface area contributed by atoms with Crippen molar-refractivity contribution in [3.8, 4) is 5.75 Å². The molecule has 0 fully saturated rings. The Hall–Kier alpha value is -1.31. The second-order valence-electron chi connectivity index (χ2n) is 4.30. The van der Waals surface area contributed by atoms with Crippen LogP contribution in [0.3, 0.4) is 0 Å². The molecule has 0 spiro atoms. The van der Waals surface area contributed by atoms with Crippen molar-refractivity contribution in [1.82, 2.24) is 0 Å². The molecule has 17 heavy (non-hydrogen) atoms. The van der Waals surface area contributed by atoms with E-state index in [1.807, 2.05) is 18.2 Å². The minimum Gasteiger partial charge on any atom is -0.427 e. The lowest BCUT2D eigenvalue weighted by Crippen LogP contribution is -2.07. The lowest BCUT2D eigenvalue weighted by molar-refractivity contribution is -0.134. The van der Waals surface area contributed by atoms with E-state index in [1.165, 1.54) is 25.7 Å². The highest BCUT2D eigenvalue weighted by atomic mass is 16.5. The first-order valence-corrected chi connectivity index (χ1v) is 6.58. The number of benzene rings is 1. The highest BCUT2D eigenvalue weighted by Gasteiger charge is 2.03. The summed E-state index contributed by atoms with van der Waals surface area (Å²) in [6, 6.07) is 9.25. The van der Waals surface area contributed by atoms with E-state index in [0.29, 0.717) is 12.2 Å². The van der Waals surface area contributed by atoms with Gasteiger partial charge in [0.1, 0.15) is 5.75 Å². The second-order valence-corrected chi connectivity index (χ2v) is 4.30. The van der Waals surface area contributed by atoms with Crippen molar-refractivity contribution >= 4 is 5.97 Å². The Bertz CT molecular complexity index is 306. The monoisotopic (exact) mass is 234 g/mol. The van der Waals surface area contributed by atoms with Gasteiger partial charge in [-0.05, 0) is 18.6 Å². The summed E-state index contributed by atoms with van der Waals surface area (Å²) in [6.45, 7) is 2.21. The summed E-state index contributed by atoms with van der Waals surface area (Å²) in [4.78, 5) is 11.5. The number of rotatable bonds is 8. The summed E-state index contributed by atoms with van der Waals surface area (Å²) in [6.07, 6.45) is 7.67. The van der Waals surface area contributed by atoms with Gasteiger partial charge in [-0.15, -0.1) is 0 Å². The lowest BCUT2D eigenvalue weighted by atomic mass is 10.1. The van der Waals surface area contributed by atoms with Crippen LogP contribution in [0.4, 0.5) is 0 Å². The molecule has 0 unspecified atom stereocenters. The first-order chi connectivity index (χ1) is 8.33. The Morgan fingerprint density at radius 1 is 1.00 bits per heavy atom. The maximum atomic E-state index is 11.5. The van der Waals surface area contributed by atoms with Crippen molar-refractivity contribution in [1.29, 1.82) is 0 Å². The third-order valence-electron chi connectivity index (χ3n) is 2.71.